The van der Waals surface area contributed by atoms with E-state index in [0.717, 1.165) is 21.0 Å². The third kappa shape index (κ3) is 3.05. The zero-order valence-electron chi connectivity index (χ0n) is 12.8. The van der Waals surface area contributed by atoms with E-state index < -0.39 is 15.9 Å². The fraction of sp³-hybridized carbons (Fsp3) is 0.167. The molecule has 0 fully saturated rings. The fourth-order valence-corrected chi connectivity index (χ4v) is 3.94. The van der Waals surface area contributed by atoms with Crippen molar-refractivity contribution in [1.82, 2.24) is 4.31 Å². The molecular formula is C18H17NO3S. The van der Waals surface area contributed by atoms with Gasteiger partial charge < -0.3 is 0 Å². The van der Waals surface area contributed by atoms with Gasteiger partial charge in [0.2, 0.25) is 0 Å². The lowest BCUT2D eigenvalue weighted by Crippen LogP contribution is -2.39. The van der Waals surface area contributed by atoms with Gasteiger partial charge in [0.05, 0.1) is 4.90 Å². The van der Waals surface area contributed by atoms with Crippen LogP contribution in [0.1, 0.15) is 17.5 Å². The van der Waals surface area contributed by atoms with E-state index in [4.69, 9.17) is 0 Å². The lowest BCUT2D eigenvalue weighted by molar-refractivity contribution is -0.121. The maximum Gasteiger partial charge on any atom is 0.266 e. The van der Waals surface area contributed by atoms with E-state index in [9.17, 15) is 13.2 Å². The molecule has 118 valence electrons. The van der Waals surface area contributed by atoms with E-state index in [1.807, 2.05) is 37.3 Å². The van der Waals surface area contributed by atoms with Gasteiger partial charge in [-0.05, 0) is 36.6 Å². The van der Waals surface area contributed by atoms with Crippen LogP contribution in [0.3, 0.4) is 0 Å². The number of nitrogens with zero attached hydrogens (tertiary/aromatic N) is 1. The molecule has 1 aliphatic rings. The van der Waals surface area contributed by atoms with E-state index >= 15 is 0 Å². The predicted octanol–water partition coefficient (Wildman–Crippen LogP) is 3.00. The Balaban J connectivity index is 1.90. The van der Waals surface area contributed by atoms with Crippen molar-refractivity contribution >= 4 is 21.5 Å². The molecule has 0 aromatic heterocycles. The highest BCUT2D eigenvalue weighted by Crippen LogP contribution is 2.26. The first-order chi connectivity index (χ1) is 11.0. The second-order valence-corrected chi connectivity index (χ2v) is 7.38. The number of carbonyl (C=O) groups is 1. The van der Waals surface area contributed by atoms with E-state index in [0.29, 0.717) is 6.42 Å². The van der Waals surface area contributed by atoms with Crippen LogP contribution in [0.5, 0.6) is 0 Å². The van der Waals surface area contributed by atoms with Crippen LogP contribution in [-0.2, 0) is 14.8 Å². The van der Waals surface area contributed by atoms with Crippen molar-refractivity contribution in [2.75, 3.05) is 6.54 Å². The van der Waals surface area contributed by atoms with E-state index in [-0.39, 0.29) is 11.4 Å². The number of sulfonamides is 1. The molecular weight excluding hydrogens is 310 g/mol. The molecule has 0 unspecified atom stereocenters. The highest BCUT2D eigenvalue weighted by molar-refractivity contribution is 7.89. The van der Waals surface area contributed by atoms with Crippen molar-refractivity contribution in [3.05, 3.63) is 71.8 Å². The molecule has 2 aromatic carbocycles. The summed E-state index contributed by atoms with van der Waals surface area (Å²) in [6.45, 7) is 2.05. The highest BCUT2D eigenvalue weighted by Gasteiger charge is 2.31. The lowest BCUT2D eigenvalue weighted by Gasteiger charge is -2.26. The zero-order valence-corrected chi connectivity index (χ0v) is 13.6. The van der Waals surface area contributed by atoms with Gasteiger partial charge in [0.15, 0.2) is 0 Å². The predicted molar refractivity (Wildman–Crippen MR) is 89.1 cm³/mol. The van der Waals surface area contributed by atoms with E-state index in [1.54, 1.807) is 12.1 Å². The molecule has 0 spiro atoms. The fourth-order valence-electron chi connectivity index (χ4n) is 2.58. The summed E-state index contributed by atoms with van der Waals surface area (Å²) < 4.78 is 26.2. The number of aryl methyl sites for hydroxylation is 1. The first-order valence-corrected chi connectivity index (χ1v) is 8.82. The van der Waals surface area contributed by atoms with Gasteiger partial charge in [-0.25, -0.2) is 12.7 Å². The quantitative estimate of drug-likeness (QED) is 0.871. The minimum absolute atomic E-state index is 0.146. The van der Waals surface area contributed by atoms with Crippen LogP contribution in [0, 0.1) is 6.92 Å². The van der Waals surface area contributed by atoms with Crippen LogP contribution in [-0.4, -0.2) is 25.2 Å². The molecule has 23 heavy (non-hydrogen) atoms. The Kier molecular flexibility index (Phi) is 4.05. The number of amides is 1. The topological polar surface area (TPSA) is 54.5 Å². The van der Waals surface area contributed by atoms with Gasteiger partial charge in [-0.1, -0.05) is 48.0 Å². The van der Waals surface area contributed by atoms with Crippen molar-refractivity contribution in [1.29, 1.82) is 0 Å². The van der Waals surface area contributed by atoms with Crippen molar-refractivity contribution in [2.24, 2.45) is 0 Å². The van der Waals surface area contributed by atoms with Gasteiger partial charge in [-0.15, -0.1) is 0 Å². The number of carbonyl (C=O) groups excluding carboxylic acids is 1. The molecule has 0 radical (unpaired) electrons. The Hall–Kier alpha value is -2.40. The SMILES string of the molecule is Cc1ccc(S(=O)(=O)N2CCC(c3ccccc3)=CC2=O)cc1. The average molecular weight is 327 g/mol. The molecule has 2 aromatic rings. The Morgan fingerprint density at radius 3 is 2.22 bits per heavy atom. The molecule has 0 N–H and O–H groups in total. The van der Waals surface area contributed by atoms with Crippen LogP contribution >= 0.6 is 0 Å². The molecule has 0 atom stereocenters. The van der Waals surface area contributed by atoms with Crippen LogP contribution < -0.4 is 0 Å². The maximum atomic E-state index is 12.6. The summed E-state index contributed by atoms with van der Waals surface area (Å²) in [6, 6.07) is 16.1. The van der Waals surface area contributed by atoms with Crippen LogP contribution in [0.4, 0.5) is 0 Å². The second-order valence-electron chi connectivity index (χ2n) is 5.51. The first-order valence-electron chi connectivity index (χ1n) is 7.38. The molecule has 1 amide bonds. The van der Waals surface area contributed by atoms with Gasteiger partial charge in [-0.2, -0.15) is 0 Å². The normalized spacial score (nSPS) is 15.4. The molecule has 3 rings (SSSR count). The van der Waals surface area contributed by atoms with Crippen LogP contribution in [0.15, 0.2) is 65.6 Å². The highest BCUT2D eigenvalue weighted by atomic mass is 32.2. The summed E-state index contributed by atoms with van der Waals surface area (Å²) in [5.74, 6) is -0.490. The van der Waals surface area contributed by atoms with Gasteiger partial charge in [0.1, 0.15) is 0 Å². The van der Waals surface area contributed by atoms with Crippen LogP contribution in [0.2, 0.25) is 0 Å². The molecule has 0 bridgehead atoms. The number of benzene rings is 2. The Morgan fingerprint density at radius 2 is 1.61 bits per heavy atom. The molecule has 1 heterocycles. The average Bonchev–Trinajstić information content (AvgIpc) is 2.56. The number of rotatable bonds is 3. The summed E-state index contributed by atoms with van der Waals surface area (Å²) in [7, 11) is -3.79. The van der Waals surface area contributed by atoms with Crippen molar-refractivity contribution < 1.29 is 13.2 Å². The van der Waals surface area contributed by atoms with Crippen molar-refractivity contribution in [3.8, 4) is 0 Å². The van der Waals surface area contributed by atoms with Gasteiger partial charge >= 0.3 is 0 Å². The van der Waals surface area contributed by atoms with Gasteiger partial charge in [0.25, 0.3) is 15.9 Å². The monoisotopic (exact) mass is 327 g/mol. The summed E-state index contributed by atoms with van der Waals surface area (Å²) in [5.41, 5.74) is 2.79. The first kappa shape index (κ1) is 15.5. The number of hydrogen-bond donors (Lipinski definition) is 0. The molecule has 0 saturated heterocycles. The standard InChI is InChI=1S/C18H17NO3S/c1-14-7-9-17(10-8-14)23(21,22)19-12-11-16(13-18(19)20)15-5-3-2-4-6-15/h2-10,13H,11-12H2,1H3. The number of hydrogen-bond acceptors (Lipinski definition) is 3. The largest absolute Gasteiger partial charge is 0.269 e. The van der Waals surface area contributed by atoms with E-state index in [1.165, 1.54) is 18.2 Å². The Morgan fingerprint density at radius 1 is 0.957 bits per heavy atom. The molecule has 4 nitrogen and oxygen atoms in total. The lowest BCUT2D eigenvalue weighted by atomic mass is 10.0. The second kappa shape index (κ2) is 6.01. The Bertz CT molecular complexity index is 853. The molecule has 0 aliphatic carbocycles. The minimum atomic E-state index is -3.79. The summed E-state index contributed by atoms with van der Waals surface area (Å²) >= 11 is 0. The maximum absolute atomic E-state index is 12.6. The third-order valence-electron chi connectivity index (χ3n) is 3.88. The molecule has 0 saturated carbocycles. The van der Waals surface area contributed by atoms with Crippen molar-refractivity contribution in [3.63, 3.8) is 0 Å². The third-order valence-corrected chi connectivity index (χ3v) is 5.69. The van der Waals surface area contributed by atoms with Crippen LogP contribution in [0.25, 0.3) is 5.57 Å². The molecule has 5 heteroatoms. The van der Waals surface area contributed by atoms with Gasteiger partial charge in [0, 0.05) is 12.6 Å². The summed E-state index contributed by atoms with van der Waals surface area (Å²) in [5, 5.41) is 0. The van der Waals surface area contributed by atoms with Gasteiger partial charge in [-0.3, -0.25) is 4.79 Å². The van der Waals surface area contributed by atoms with E-state index in [2.05, 4.69) is 0 Å². The molecule has 1 aliphatic heterocycles. The Labute approximate surface area is 136 Å². The summed E-state index contributed by atoms with van der Waals surface area (Å²) in [4.78, 5) is 12.5. The minimum Gasteiger partial charge on any atom is -0.269 e. The smallest absolute Gasteiger partial charge is 0.266 e. The van der Waals surface area contributed by atoms with Crippen molar-refractivity contribution in [2.45, 2.75) is 18.2 Å². The zero-order chi connectivity index (χ0) is 16.4. The summed E-state index contributed by atoms with van der Waals surface area (Å²) in [6.07, 6.45) is 1.94.